The van der Waals surface area contributed by atoms with Crippen molar-refractivity contribution in [1.82, 2.24) is 5.32 Å². The van der Waals surface area contributed by atoms with Crippen molar-refractivity contribution >= 4 is 35.0 Å². The molecule has 2 N–H and O–H groups in total. The van der Waals surface area contributed by atoms with E-state index in [0.29, 0.717) is 5.56 Å². The first-order chi connectivity index (χ1) is 9.72. The largest absolute Gasteiger partial charge is 0.356 e. The molecule has 0 saturated heterocycles. The Kier molecular flexibility index (Phi) is 3.85. The molecule has 2 aromatic carbocycles. The Hall–Kier alpha value is -1.65. The van der Waals surface area contributed by atoms with Crippen molar-refractivity contribution in [2.24, 2.45) is 0 Å². The van der Waals surface area contributed by atoms with Crippen LogP contribution in [0.2, 0.25) is 5.02 Å². The van der Waals surface area contributed by atoms with Gasteiger partial charge >= 0.3 is 0 Å². The molecular formula is C15H13ClN2OS. The summed E-state index contributed by atoms with van der Waals surface area (Å²) in [4.78, 5) is 12.0. The third-order valence-corrected chi connectivity index (χ3v) is 4.37. The second-order valence-corrected chi connectivity index (χ2v) is 6.01. The quantitative estimate of drug-likeness (QED) is 0.908. The van der Waals surface area contributed by atoms with Gasteiger partial charge in [0.05, 0.1) is 5.56 Å². The van der Waals surface area contributed by atoms with Gasteiger partial charge in [-0.2, -0.15) is 0 Å². The lowest BCUT2D eigenvalue weighted by Gasteiger charge is -2.27. The predicted molar refractivity (Wildman–Crippen MR) is 84.1 cm³/mol. The van der Waals surface area contributed by atoms with Gasteiger partial charge in [-0.1, -0.05) is 35.9 Å². The zero-order valence-electron chi connectivity index (χ0n) is 10.6. The van der Waals surface area contributed by atoms with E-state index in [-0.39, 0.29) is 11.4 Å². The molecule has 1 atom stereocenters. The second kappa shape index (κ2) is 5.77. The number of para-hydroxylation sites is 1. The maximum absolute atomic E-state index is 12.0. The van der Waals surface area contributed by atoms with Crippen LogP contribution in [0.15, 0.2) is 48.5 Å². The number of hydrogen-bond acceptors (Lipinski definition) is 3. The molecule has 2 aromatic rings. The van der Waals surface area contributed by atoms with Crippen molar-refractivity contribution in [2.75, 3.05) is 5.32 Å². The van der Waals surface area contributed by atoms with E-state index in [1.807, 2.05) is 48.5 Å². The Labute approximate surface area is 126 Å². The minimum Gasteiger partial charge on any atom is -0.356 e. The Balaban J connectivity index is 1.65. The van der Waals surface area contributed by atoms with Gasteiger partial charge < -0.3 is 10.6 Å². The summed E-state index contributed by atoms with van der Waals surface area (Å²) < 4.78 is 0. The van der Waals surface area contributed by atoms with Crippen LogP contribution in [0, 0.1) is 0 Å². The number of benzene rings is 2. The first kappa shape index (κ1) is 13.3. The maximum atomic E-state index is 12.0. The number of carbonyl (C=O) groups excluding carboxylic acids is 1. The number of anilines is 1. The average molecular weight is 305 g/mol. The number of amides is 1. The van der Waals surface area contributed by atoms with Crippen molar-refractivity contribution in [3.8, 4) is 0 Å². The topological polar surface area (TPSA) is 41.1 Å². The monoisotopic (exact) mass is 304 g/mol. The fourth-order valence-corrected chi connectivity index (χ4v) is 3.10. The third-order valence-electron chi connectivity index (χ3n) is 3.05. The summed E-state index contributed by atoms with van der Waals surface area (Å²) in [5.74, 6) is 0.769. The van der Waals surface area contributed by atoms with Crippen molar-refractivity contribution in [1.29, 1.82) is 0 Å². The van der Waals surface area contributed by atoms with Gasteiger partial charge in [-0.3, -0.25) is 4.79 Å². The molecule has 0 aromatic heterocycles. The van der Waals surface area contributed by atoms with Crippen LogP contribution in [-0.4, -0.2) is 11.4 Å². The van der Waals surface area contributed by atoms with E-state index in [0.717, 1.165) is 16.5 Å². The lowest BCUT2D eigenvalue weighted by molar-refractivity contribution is 0.0948. The van der Waals surface area contributed by atoms with E-state index >= 15 is 0 Å². The Bertz CT molecular complexity index is 630. The average Bonchev–Trinajstić information content (AvgIpc) is 2.47. The highest BCUT2D eigenvalue weighted by molar-refractivity contribution is 7.99. The lowest BCUT2D eigenvalue weighted by Crippen LogP contribution is -2.42. The van der Waals surface area contributed by atoms with E-state index < -0.39 is 0 Å². The minimum atomic E-state index is -0.118. The van der Waals surface area contributed by atoms with Crippen molar-refractivity contribution in [3.63, 3.8) is 0 Å². The molecule has 3 rings (SSSR count). The summed E-state index contributed by atoms with van der Waals surface area (Å²) in [7, 11) is 0. The Morgan fingerprint density at radius 1 is 1.05 bits per heavy atom. The first-order valence-electron chi connectivity index (χ1n) is 6.25. The van der Waals surface area contributed by atoms with Crippen LogP contribution in [0.25, 0.3) is 0 Å². The number of fused-ring (bicyclic) bond motifs is 1. The number of thioether (sulfide) groups is 1. The van der Waals surface area contributed by atoms with Crippen LogP contribution in [0.3, 0.4) is 0 Å². The Morgan fingerprint density at radius 2 is 1.80 bits per heavy atom. The number of nitrogens with one attached hydrogen (secondary N) is 2. The van der Waals surface area contributed by atoms with E-state index in [1.54, 1.807) is 11.8 Å². The van der Waals surface area contributed by atoms with Crippen LogP contribution < -0.4 is 10.6 Å². The highest BCUT2D eigenvalue weighted by atomic mass is 35.5. The van der Waals surface area contributed by atoms with Gasteiger partial charge in [0.2, 0.25) is 0 Å². The van der Waals surface area contributed by atoms with Crippen LogP contribution in [0.5, 0.6) is 0 Å². The number of halogens is 1. The molecule has 5 heteroatoms. The smallest absolute Gasteiger partial charge is 0.255 e. The van der Waals surface area contributed by atoms with E-state index in [2.05, 4.69) is 10.6 Å². The molecule has 0 fully saturated rings. The van der Waals surface area contributed by atoms with Crippen molar-refractivity contribution in [2.45, 2.75) is 11.3 Å². The van der Waals surface area contributed by atoms with E-state index in [4.69, 9.17) is 11.6 Å². The zero-order chi connectivity index (χ0) is 13.9. The van der Waals surface area contributed by atoms with Gasteiger partial charge in [0.15, 0.2) is 0 Å². The van der Waals surface area contributed by atoms with Gasteiger partial charge in [-0.05, 0) is 29.8 Å². The summed E-state index contributed by atoms with van der Waals surface area (Å²) in [5, 5.41) is 6.99. The normalized spacial score (nSPS) is 17.1. The van der Waals surface area contributed by atoms with Crippen molar-refractivity contribution in [3.05, 3.63) is 64.7 Å². The molecule has 1 heterocycles. The summed E-state index contributed by atoms with van der Waals surface area (Å²) in [6.45, 7) is 0. The molecule has 1 aliphatic rings. The SMILES string of the molecule is O=C1NC(SCc2ccc(Cl)cc2)Nc2ccccc21. The molecule has 0 spiro atoms. The molecule has 1 amide bonds. The van der Waals surface area contributed by atoms with Gasteiger partial charge in [0, 0.05) is 16.5 Å². The predicted octanol–water partition coefficient (Wildman–Crippen LogP) is 3.71. The van der Waals surface area contributed by atoms with Crippen LogP contribution >= 0.6 is 23.4 Å². The lowest BCUT2D eigenvalue weighted by atomic mass is 10.1. The molecule has 20 heavy (non-hydrogen) atoms. The standard InChI is InChI=1S/C15H13ClN2OS/c16-11-7-5-10(6-8-11)9-20-15-17-13-4-2-1-3-12(13)14(19)18-15/h1-8,15,17H,9H2,(H,18,19). The van der Waals surface area contributed by atoms with Gasteiger partial charge in [0.25, 0.3) is 5.91 Å². The fourth-order valence-electron chi connectivity index (χ4n) is 2.02. The molecule has 0 aliphatic carbocycles. The molecule has 1 unspecified atom stereocenters. The molecular weight excluding hydrogens is 292 g/mol. The first-order valence-corrected chi connectivity index (χ1v) is 7.67. The van der Waals surface area contributed by atoms with E-state index in [9.17, 15) is 4.79 Å². The summed E-state index contributed by atoms with van der Waals surface area (Å²) in [5.41, 5.74) is 2.63. The highest BCUT2D eigenvalue weighted by Gasteiger charge is 2.22. The number of rotatable bonds is 3. The van der Waals surface area contributed by atoms with Gasteiger partial charge in [-0.25, -0.2) is 0 Å². The highest BCUT2D eigenvalue weighted by Crippen LogP contribution is 2.25. The van der Waals surface area contributed by atoms with Crippen LogP contribution in [0.4, 0.5) is 5.69 Å². The summed E-state index contributed by atoms with van der Waals surface area (Å²) in [6.07, 6.45) is 0. The van der Waals surface area contributed by atoms with E-state index in [1.165, 1.54) is 5.56 Å². The molecule has 0 radical (unpaired) electrons. The second-order valence-electron chi connectivity index (χ2n) is 4.48. The third kappa shape index (κ3) is 2.92. The molecule has 3 nitrogen and oxygen atoms in total. The van der Waals surface area contributed by atoms with Gasteiger partial charge in [-0.15, -0.1) is 11.8 Å². The Morgan fingerprint density at radius 3 is 2.60 bits per heavy atom. The molecule has 0 bridgehead atoms. The van der Waals surface area contributed by atoms with Crippen LogP contribution in [-0.2, 0) is 5.75 Å². The fraction of sp³-hybridized carbons (Fsp3) is 0.133. The summed E-state index contributed by atoms with van der Waals surface area (Å²) >= 11 is 7.50. The molecule has 1 aliphatic heterocycles. The van der Waals surface area contributed by atoms with Crippen LogP contribution in [0.1, 0.15) is 15.9 Å². The molecule has 0 saturated carbocycles. The molecule has 102 valence electrons. The maximum Gasteiger partial charge on any atom is 0.255 e. The minimum absolute atomic E-state index is 0.0343. The summed E-state index contributed by atoms with van der Waals surface area (Å²) in [6, 6.07) is 15.3. The van der Waals surface area contributed by atoms with Crippen molar-refractivity contribution < 1.29 is 4.79 Å². The van der Waals surface area contributed by atoms with Gasteiger partial charge in [0.1, 0.15) is 5.50 Å². The number of hydrogen-bond donors (Lipinski definition) is 2. The zero-order valence-corrected chi connectivity index (χ0v) is 12.2. The number of carbonyl (C=O) groups is 1.